The molecule has 0 amide bonds. The van der Waals surface area contributed by atoms with Crippen molar-refractivity contribution in [3.63, 3.8) is 0 Å². The van der Waals surface area contributed by atoms with Crippen LogP contribution in [0.15, 0.2) is 40.5 Å². The van der Waals surface area contributed by atoms with Gasteiger partial charge in [0.15, 0.2) is 5.76 Å². The van der Waals surface area contributed by atoms with E-state index in [4.69, 9.17) is 27.7 Å². The van der Waals surface area contributed by atoms with Gasteiger partial charge in [-0.2, -0.15) is 0 Å². The van der Waals surface area contributed by atoms with Gasteiger partial charge in [0.2, 0.25) is 0 Å². The Balaban J connectivity index is 1.56. The maximum absolute atomic E-state index is 6.23. The molecule has 4 aromatic rings. The lowest BCUT2D eigenvalue weighted by Crippen LogP contribution is -2.01. The lowest BCUT2D eigenvalue weighted by atomic mass is 10.1. The van der Waals surface area contributed by atoms with Crippen molar-refractivity contribution >= 4 is 50.6 Å². The van der Waals surface area contributed by atoms with Gasteiger partial charge in [-0.3, -0.25) is 0 Å². The fourth-order valence-corrected chi connectivity index (χ4v) is 4.22. The third-order valence-electron chi connectivity index (χ3n) is 4.02. The largest absolute Gasteiger partial charge is 0.362 e. The third-order valence-corrected chi connectivity index (χ3v) is 5.51. The van der Waals surface area contributed by atoms with Crippen LogP contribution in [0.25, 0.3) is 21.5 Å². The molecule has 26 heavy (non-hydrogen) atoms. The fraction of sp³-hybridized carbons (Fsp3) is 0.167. The van der Waals surface area contributed by atoms with Crippen LogP contribution in [-0.2, 0) is 13.0 Å². The van der Waals surface area contributed by atoms with Crippen LogP contribution in [-0.4, -0.2) is 15.1 Å². The molecule has 0 saturated heterocycles. The minimum atomic E-state index is 0.462. The minimum absolute atomic E-state index is 0.462. The Labute approximate surface area is 164 Å². The normalized spacial score (nSPS) is 11.2. The van der Waals surface area contributed by atoms with Crippen molar-refractivity contribution < 1.29 is 4.52 Å². The van der Waals surface area contributed by atoms with Gasteiger partial charge in [0.1, 0.15) is 22.7 Å². The minimum Gasteiger partial charge on any atom is -0.362 e. The molecule has 0 aliphatic carbocycles. The highest BCUT2D eigenvalue weighted by molar-refractivity contribution is 7.17. The Hall–Kier alpha value is -2.15. The van der Waals surface area contributed by atoms with E-state index in [1.54, 1.807) is 29.8 Å². The topological polar surface area (TPSA) is 63.8 Å². The summed E-state index contributed by atoms with van der Waals surface area (Å²) in [7, 11) is 0. The van der Waals surface area contributed by atoms with Crippen LogP contribution >= 0.6 is 34.5 Å². The van der Waals surface area contributed by atoms with Gasteiger partial charge in [-0.1, -0.05) is 35.3 Å². The van der Waals surface area contributed by atoms with Crippen LogP contribution in [0, 0.1) is 0 Å². The summed E-state index contributed by atoms with van der Waals surface area (Å²) in [6, 6.07) is 7.14. The average Bonchev–Trinajstić information content (AvgIpc) is 3.27. The molecule has 0 aliphatic rings. The van der Waals surface area contributed by atoms with Crippen LogP contribution in [0.5, 0.6) is 0 Å². The van der Waals surface area contributed by atoms with Crippen molar-refractivity contribution in [2.45, 2.75) is 19.9 Å². The van der Waals surface area contributed by atoms with E-state index in [1.807, 2.05) is 12.1 Å². The van der Waals surface area contributed by atoms with Gasteiger partial charge in [-0.15, -0.1) is 11.3 Å². The number of hydrogen-bond acceptors (Lipinski definition) is 6. The first-order valence-corrected chi connectivity index (χ1v) is 9.65. The smallest absolute Gasteiger partial charge is 0.156 e. The molecular weight excluding hydrogens is 391 g/mol. The SMILES string of the molecule is CCc1csc2ncnc(NCc3cc(-c4ccc(Cl)cc4Cl)no3)c12. The summed E-state index contributed by atoms with van der Waals surface area (Å²) in [5.74, 6) is 1.49. The summed E-state index contributed by atoms with van der Waals surface area (Å²) in [6.45, 7) is 2.58. The van der Waals surface area contributed by atoms with Gasteiger partial charge in [0, 0.05) is 16.7 Å². The molecule has 8 heteroatoms. The first kappa shape index (κ1) is 17.3. The zero-order chi connectivity index (χ0) is 18.1. The summed E-state index contributed by atoms with van der Waals surface area (Å²) in [5.41, 5.74) is 2.68. The number of anilines is 1. The average molecular weight is 405 g/mol. The maximum Gasteiger partial charge on any atom is 0.156 e. The molecule has 132 valence electrons. The van der Waals surface area contributed by atoms with E-state index in [-0.39, 0.29) is 0 Å². The predicted octanol–water partition coefficient (Wildman–Crippen LogP) is 5.83. The number of thiophene rings is 1. The lowest BCUT2D eigenvalue weighted by Gasteiger charge is -2.05. The lowest BCUT2D eigenvalue weighted by molar-refractivity contribution is 0.390. The van der Waals surface area contributed by atoms with Crippen LogP contribution in [0.1, 0.15) is 18.2 Å². The summed E-state index contributed by atoms with van der Waals surface area (Å²) >= 11 is 13.8. The predicted molar refractivity (Wildman–Crippen MR) is 106 cm³/mol. The molecule has 3 heterocycles. The van der Waals surface area contributed by atoms with E-state index in [0.717, 1.165) is 28.0 Å². The summed E-state index contributed by atoms with van der Waals surface area (Å²) < 4.78 is 5.43. The number of nitrogens with one attached hydrogen (secondary N) is 1. The highest BCUT2D eigenvalue weighted by Crippen LogP contribution is 2.31. The number of benzene rings is 1. The molecule has 1 aromatic carbocycles. The number of nitrogens with zero attached hydrogens (tertiary/aromatic N) is 3. The van der Waals surface area contributed by atoms with Gasteiger partial charge in [0.25, 0.3) is 0 Å². The van der Waals surface area contributed by atoms with Gasteiger partial charge in [-0.25, -0.2) is 9.97 Å². The van der Waals surface area contributed by atoms with Crippen molar-refractivity contribution in [3.05, 3.63) is 57.3 Å². The van der Waals surface area contributed by atoms with Crippen LogP contribution in [0.4, 0.5) is 5.82 Å². The van der Waals surface area contributed by atoms with E-state index in [0.29, 0.717) is 28.0 Å². The van der Waals surface area contributed by atoms with E-state index >= 15 is 0 Å². The van der Waals surface area contributed by atoms with E-state index < -0.39 is 0 Å². The molecule has 0 spiro atoms. The summed E-state index contributed by atoms with van der Waals surface area (Å²) in [5, 5.41) is 11.7. The molecule has 0 radical (unpaired) electrons. The van der Waals surface area contributed by atoms with Crippen molar-refractivity contribution in [3.8, 4) is 11.3 Å². The third kappa shape index (κ3) is 3.28. The Kier molecular flexibility index (Phi) is 4.80. The first-order valence-electron chi connectivity index (χ1n) is 8.01. The number of aryl methyl sites for hydroxylation is 1. The van der Waals surface area contributed by atoms with Crippen molar-refractivity contribution in [2.75, 3.05) is 5.32 Å². The highest BCUT2D eigenvalue weighted by atomic mass is 35.5. The molecule has 0 aliphatic heterocycles. The molecule has 0 fully saturated rings. The van der Waals surface area contributed by atoms with Crippen LogP contribution in [0.3, 0.4) is 0 Å². The summed E-state index contributed by atoms with van der Waals surface area (Å²) in [6.07, 6.45) is 2.50. The Morgan fingerprint density at radius 2 is 2.08 bits per heavy atom. The van der Waals surface area contributed by atoms with Gasteiger partial charge in [0.05, 0.1) is 17.0 Å². The first-order chi connectivity index (χ1) is 12.7. The van der Waals surface area contributed by atoms with E-state index in [2.05, 4.69) is 32.7 Å². The van der Waals surface area contributed by atoms with Gasteiger partial charge in [-0.05, 0) is 35.6 Å². The quantitative estimate of drug-likeness (QED) is 0.453. The van der Waals surface area contributed by atoms with Gasteiger partial charge >= 0.3 is 0 Å². The Morgan fingerprint density at radius 1 is 1.19 bits per heavy atom. The highest BCUT2D eigenvalue weighted by Gasteiger charge is 2.13. The molecule has 0 bridgehead atoms. The molecule has 3 aromatic heterocycles. The second-order valence-electron chi connectivity index (χ2n) is 5.67. The second-order valence-corrected chi connectivity index (χ2v) is 7.37. The molecule has 5 nitrogen and oxygen atoms in total. The number of fused-ring (bicyclic) bond motifs is 1. The number of rotatable bonds is 5. The number of aromatic nitrogens is 3. The van der Waals surface area contributed by atoms with Crippen LogP contribution in [0.2, 0.25) is 10.0 Å². The zero-order valence-corrected chi connectivity index (χ0v) is 16.1. The molecule has 4 rings (SSSR count). The fourth-order valence-electron chi connectivity index (χ4n) is 2.72. The van der Waals surface area contributed by atoms with E-state index in [9.17, 15) is 0 Å². The van der Waals surface area contributed by atoms with Crippen molar-refractivity contribution in [1.82, 2.24) is 15.1 Å². The maximum atomic E-state index is 6.23. The van der Waals surface area contributed by atoms with Crippen molar-refractivity contribution in [2.24, 2.45) is 0 Å². The van der Waals surface area contributed by atoms with Crippen molar-refractivity contribution in [1.29, 1.82) is 0 Å². The number of halogens is 2. The second kappa shape index (κ2) is 7.23. The standard InChI is InChI=1S/C18H14Cl2N4OS/c1-2-10-8-26-18-16(10)17(22-9-23-18)21-7-12-6-15(24-25-12)13-4-3-11(19)5-14(13)20/h3-6,8-9H,2,7H2,1H3,(H,21,22,23). The van der Waals surface area contributed by atoms with Crippen LogP contribution < -0.4 is 5.32 Å². The Bertz CT molecular complexity index is 1080. The Morgan fingerprint density at radius 3 is 2.88 bits per heavy atom. The zero-order valence-electron chi connectivity index (χ0n) is 13.8. The summed E-state index contributed by atoms with van der Waals surface area (Å²) in [4.78, 5) is 9.69. The molecule has 0 atom stereocenters. The van der Waals surface area contributed by atoms with E-state index in [1.165, 1.54) is 5.56 Å². The monoisotopic (exact) mass is 404 g/mol. The molecule has 0 saturated carbocycles. The van der Waals surface area contributed by atoms with Gasteiger partial charge < -0.3 is 9.84 Å². The molecular formula is C18H14Cl2N4OS. The molecule has 0 unspecified atom stereocenters. The molecule has 1 N–H and O–H groups in total. The number of hydrogen-bond donors (Lipinski definition) is 1.